The summed E-state index contributed by atoms with van der Waals surface area (Å²) in [5.41, 5.74) is 6.12. The molecule has 0 spiro atoms. The highest BCUT2D eigenvalue weighted by molar-refractivity contribution is 5.79. The van der Waals surface area contributed by atoms with E-state index in [1.165, 1.54) is 6.42 Å². The fourth-order valence-corrected chi connectivity index (χ4v) is 3.29. The van der Waals surface area contributed by atoms with Crippen LogP contribution in [0.5, 0.6) is 0 Å². The van der Waals surface area contributed by atoms with E-state index in [1.807, 2.05) is 0 Å². The van der Waals surface area contributed by atoms with E-state index in [2.05, 4.69) is 23.8 Å². The molecule has 4 nitrogen and oxygen atoms in total. The van der Waals surface area contributed by atoms with Crippen molar-refractivity contribution in [3.8, 4) is 0 Å². The molecule has 1 amide bonds. The predicted octanol–water partition coefficient (Wildman–Crippen LogP) is 1.06. The molecular formula is C14H27N3O. The Morgan fingerprint density at radius 2 is 2.00 bits per heavy atom. The minimum atomic E-state index is 0.0830. The number of hydrogen-bond donors (Lipinski definition) is 1. The molecule has 4 heteroatoms. The number of hydrogen-bond acceptors (Lipinski definition) is 3. The second kappa shape index (κ2) is 6.02. The van der Waals surface area contributed by atoms with Crippen LogP contribution < -0.4 is 5.73 Å². The van der Waals surface area contributed by atoms with E-state index in [9.17, 15) is 4.79 Å². The van der Waals surface area contributed by atoms with Crippen molar-refractivity contribution in [3.63, 3.8) is 0 Å². The van der Waals surface area contributed by atoms with Gasteiger partial charge in [-0.3, -0.25) is 9.69 Å². The van der Waals surface area contributed by atoms with Gasteiger partial charge in [-0.2, -0.15) is 0 Å². The van der Waals surface area contributed by atoms with Gasteiger partial charge in [0.2, 0.25) is 5.91 Å². The van der Waals surface area contributed by atoms with Gasteiger partial charge in [0.05, 0.1) is 5.92 Å². The highest BCUT2D eigenvalue weighted by atomic mass is 16.2. The third-order valence-corrected chi connectivity index (χ3v) is 4.70. The molecule has 2 fully saturated rings. The van der Waals surface area contributed by atoms with E-state index in [-0.39, 0.29) is 12.0 Å². The summed E-state index contributed by atoms with van der Waals surface area (Å²) >= 11 is 0. The highest BCUT2D eigenvalue weighted by Gasteiger charge is 2.34. The van der Waals surface area contributed by atoms with Crippen LogP contribution in [0.15, 0.2) is 0 Å². The molecule has 0 radical (unpaired) electrons. The maximum absolute atomic E-state index is 12.6. The average Bonchev–Trinajstić information content (AvgIpc) is 2.39. The van der Waals surface area contributed by atoms with Crippen molar-refractivity contribution in [3.05, 3.63) is 0 Å². The molecule has 104 valence electrons. The number of amides is 1. The highest BCUT2D eigenvalue weighted by Crippen LogP contribution is 2.25. The molecule has 0 bridgehead atoms. The van der Waals surface area contributed by atoms with Crippen LogP contribution in [0.3, 0.4) is 0 Å². The van der Waals surface area contributed by atoms with Gasteiger partial charge in [-0.15, -0.1) is 0 Å². The fourth-order valence-electron chi connectivity index (χ4n) is 3.29. The van der Waals surface area contributed by atoms with Crippen molar-refractivity contribution in [2.24, 2.45) is 11.7 Å². The summed E-state index contributed by atoms with van der Waals surface area (Å²) in [4.78, 5) is 17.0. The van der Waals surface area contributed by atoms with Gasteiger partial charge in [-0.1, -0.05) is 19.8 Å². The van der Waals surface area contributed by atoms with Crippen molar-refractivity contribution < 1.29 is 4.79 Å². The van der Waals surface area contributed by atoms with E-state index in [0.717, 1.165) is 45.3 Å². The first-order chi connectivity index (χ1) is 8.63. The molecule has 0 aromatic carbocycles. The molecule has 0 aromatic rings. The number of piperazine rings is 1. The Kier molecular flexibility index (Phi) is 4.62. The molecule has 2 rings (SSSR count). The van der Waals surface area contributed by atoms with Crippen LogP contribution in [0.25, 0.3) is 0 Å². The Morgan fingerprint density at radius 1 is 1.28 bits per heavy atom. The van der Waals surface area contributed by atoms with Gasteiger partial charge < -0.3 is 10.6 Å². The lowest BCUT2D eigenvalue weighted by Crippen LogP contribution is -2.56. The lowest BCUT2D eigenvalue weighted by Gasteiger charge is -2.41. The largest absolute Gasteiger partial charge is 0.340 e. The van der Waals surface area contributed by atoms with Gasteiger partial charge in [0, 0.05) is 31.7 Å². The van der Waals surface area contributed by atoms with E-state index in [1.54, 1.807) is 0 Å². The summed E-state index contributed by atoms with van der Waals surface area (Å²) in [6, 6.07) is 0.605. The molecule has 1 saturated carbocycles. The second-order valence-electron chi connectivity index (χ2n) is 5.88. The quantitative estimate of drug-likeness (QED) is 0.800. The Labute approximate surface area is 110 Å². The van der Waals surface area contributed by atoms with Crippen LogP contribution in [0.2, 0.25) is 0 Å². The van der Waals surface area contributed by atoms with Crippen molar-refractivity contribution >= 4 is 5.91 Å². The summed E-state index contributed by atoms with van der Waals surface area (Å²) in [7, 11) is 2.16. The fraction of sp³-hybridized carbons (Fsp3) is 0.929. The van der Waals surface area contributed by atoms with E-state index < -0.39 is 0 Å². The van der Waals surface area contributed by atoms with Crippen LogP contribution in [0, 0.1) is 5.92 Å². The van der Waals surface area contributed by atoms with Crippen LogP contribution in [-0.2, 0) is 4.79 Å². The molecule has 1 heterocycles. The van der Waals surface area contributed by atoms with E-state index in [0.29, 0.717) is 11.9 Å². The normalized spacial score (nSPS) is 34.6. The van der Waals surface area contributed by atoms with Crippen molar-refractivity contribution in [2.45, 2.75) is 51.1 Å². The maximum atomic E-state index is 12.6. The predicted molar refractivity (Wildman–Crippen MR) is 73.2 cm³/mol. The van der Waals surface area contributed by atoms with E-state index in [4.69, 9.17) is 5.73 Å². The monoisotopic (exact) mass is 253 g/mol. The third kappa shape index (κ3) is 2.86. The van der Waals surface area contributed by atoms with Crippen LogP contribution in [0.4, 0.5) is 0 Å². The van der Waals surface area contributed by atoms with Gasteiger partial charge >= 0.3 is 0 Å². The smallest absolute Gasteiger partial charge is 0.227 e. The number of carbonyl (C=O) groups is 1. The summed E-state index contributed by atoms with van der Waals surface area (Å²) in [5.74, 6) is 0.397. The van der Waals surface area contributed by atoms with Crippen LogP contribution in [0.1, 0.15) is 39.0 Å². The van der Waals surface area contributed by atoms with Gasteiger partial charge in [-0.05, 0) is 26.3 Å². The second-order valence-corrected chi connectivity index (χ2v) is 5.88. The molecule has 2 N–H and O–H groups in total. The van der Waals surface area contributed by atoms with Crippen molar-refractivity contribution in [1.29, 1.82) is 0 Å². The zero-order valence-electron chi connectivity index (χ0n) is 11.8. The molecule has 0 aromatic heterocycles. The summed E-state index contributed by atoms with van der Waals surface area (Å²) in [5, 5.41) is 0. The zero-order chi connectivity index (χ0) is 13.1. The van der Waals surface area contributed by atoms with Crippen molar-refractivity contribution in [2.75, 3.05) is 26.7 Å². The van der Waals surface area contributed by atoms with E-state index >= 15 is 0 Å². The molecule has 3 unspecified atom stereocenters. The minimum Gasteiger partial charge on any atom is -0.340 e. The number of nitrogens with zero attached hydrogens (tertiary/aromatic N) is 2. The maximum Gasteiger partial charge on any atom is 0.227 e. The Hall–Kier alpha value is -0.610. The van der Waals surface area contributed by atoms with Crippen molar-refractivity contribution in [1.82, 2.24) is 9.80 Å². The Morgan fingerprint density at radius 3 is 2.67 bits per heavy atom. The molecule has 2 aliphatic rings. The van der Waals surface area contributed by atoms with Crippen LogP contribution in [-0.4, -0.2) is 54.5 Å². The first kappa shape index (κ1) is 13.8. The average molecular weight is 253 g/mol. The van der Waals surface area contributed by atoms with Gasteiger partial charge in [0.1, 0.15) is 0 Å². The Balaban J connectivity index is 1.96. The lowest BCUT2D eigenvalue weighted by atomic mass is 9.84. The van der Waals surface area contributed by atoms with Gasteiger partial charge in [0.15, 0.2) is 0 Å². The molecule has 3 atom stereocenters. The molecule has 18 heavy (non-hydrogen) atoms. The summed E-state index contributed by atoms with van der Waals surface area (Å²) < 4.78 is 0. The zero-order valence-corrected chi connectivity index (χ0v) is 11.8. The molecule has 1 saturated heterocycles. The standard InChI is InChI=1S/C14H27N3O/c1-3-11-10-17(9-8-16(11)2)14(18)12-6-4-5-7-13(12)15/h11-13H,3-10,15H2,1-2H3. The summed E-state index contributed by atoms with van der Waals surface area (Å²) in [6.07, 6.45) is 5.46. The van der Waals surface area contributed by atoms with Crippen LogP contribution >= 0.6 is 0 Å². The lowest BCUT2D eigenvalue weighted by molar-refractivity contribution is -0.140. The first-order valence-corrected chi connectivity index (χ1v) is 7.38. The number of likely N-dealkylation sites (N-methyl/N-ethyl adjacent to an activating group) is 1. The molecular weight excluding hydrogens is 226 g/mol. The molecule has 1 aliphatic heterocycles. The minimum absolute atomic E-state index is 0.0830. The summed E-state index contributed by atoms with van der Waals surface area (Å²) in [6.45, 7) is 4.94. The Bertz CT molecular complexity index is 295. The third-order valence-electron chi connectivity index (χ3n) is 4.70. The first-order valence-electron chi connectivity index (χ1n) is 7.38. The molecule has 1 aliphatic carbocycles. The number of nitrogens with two attached hydrogens (primary N) is 1. The van der Waals surface area contributed by atoms with Gasteiger partial charge in [0.25, 0.3) is 0 Å². The van der Waals surface area contributed by atoms with Gasteiger partial charge in [-0.25, -0.2) is 0 Å². The SMILES string of the molecule is CCC1CN(C(=O)C2CCCCC2N)CCN1C. The topological polar surface area (TPSA) is 49.6 Å². The number of carbonyl (C=O) groups excluding carboxylic acids is 1. The number of rotatable bonds is 2.